The van der Waals surface area contributed by atoms with Crippen LogP contribution in [0.2, 0.25) is 0 Å². The molecule has 2 aromatic carbocycles. The van der Waals surface area contributed by atoms with E-state index >= 15 is 0 Å². The zero-order valence-corrected chi connectivity index (χ0v) is 12.2. The van der Waals surface area contributed by atoms with E-state index in [2.05, 4.69) is 10.3 Å². The van der Waals surface area contributed by atoms with E-state index in [4.69, 9.17) is 0 Å². The van der Waals surface area contributed by atoms with Crippen molar-refractivity contribution in [1.82, 2.24) is 4.90 Å². The maximum atomic E-state index is 12.7. The molecule has 0 N–H and O–H groups in total. The fraction of sp³-hybridized carbons (Fsp3) is 0.176. The van der Waals surface area contributed by atoms with Crippen molar-refractivity contribution in [2.45, 2.75) is 18.6 Å². The van der Waals surface area contributed by atoms with Crippen LogP contribution in [0.4, 0.5) is 5.69 Å². The van der Waals surface area contributed by atoms with Gasteiger partial charge >= 0.3 is 0 Å². The normalized spacial score (nSPS) is 22.8. The number of rotatable bonds is 3. The van der Waals surface area contributed by atoms with Gasteiger partial charge in [-0.1, -0.05) is 53.8 Å². The zero-order valence-electron chi connectivity index (χ0n) is 12.2. The lowest BCUT2D eigenvalue weighted by Gasteiger charge is -2.20. The second-order valence-corrected chi connectivity index (χ2v) is 5.52. The molecule has 0 unspecified atom stereocenters. The average molecular weight is 306 g/mol. The van der Waals surface area contributed by atoms with Crippen LogP contribution in [-0.4, -0.2) is 28.8 Å². The molecule has 2 aromatic rings. The molecule has 2 atom stereocenters. The zero-order chi connectivity index (χ0) is 15.8. The van der Waals surface area contributed by atoms with E-state index in [0.717, 1.165) is 11.3 Å². The van der Waals surface area contributed by atoms with Crippen LogP contribution in [-0.2, 0) is 16.1 Å². The molecule has 0 aromatic heterocycles. The van der Waals surface area contributed by atoms with Crippen molar-refractivity contribution in [3.05, 3.63) is 66.2 Å². The molecule has 2 heterocycles. The van der Waals surface area contributed by atoms with Gasteiger partial charge in [-0.25, -0.2) is 5.01 Å². The Labute approximate surface area is 133 Å². The second kappa shape index (κ2) is 5.31. The minimum atomic E-state index is -0.744. The number of anilines is 1. The Morgan fingerprint density at radius 2 is 1.52 bits per heavy atom. The molecule has 4 rings (SSSR count). The van der Waals surface area contributed by atoms with Crippen LogP contribution in [0.1, 0.15) is 5.56 Å². The molecule has 23 heavy (non-hydrogen) atoms. The largest absolute Gasteiger partial charge is 0.274 e. The number of hydrogen-bond acceptors (Lipinski definition) is 5. The Balaban J connectivity index is 1.62. The molecule has 0 aliphatic carbocycles. The Hall–Kier alpha value is -3.02. The van der Waals surface area contributed by atoms with Gasteiger partial charge in [0.1, 0.15) is 0 Å². The third-order valence-electron chi connectivity index (χ3n) is 4.08. The van der Waals surface area contributed by atoms with E-state index in [1.54, 1.807) is 0 Å². The molecule has 2 aliphatic heterocycles. The van der Waals surface area contributed by atoms with Crippen LogP contribution in [0.3, 0.4) is 0 Å². The number of carbonyl (C=O) groups is 2. The fourth-order valence-electron chi connectivity index (χ4n) is 2.93. The number of benzene rings is 2. The summed E-state index contributed by atoms with van der Waals surface area (Å²) in [6.45, 7) is 0.268. The van der Waals surface area contributed by atoms with Crippen LogP contribution in [0, 0.1) is 0 Å². The van der Waals surface area contributed by atoms with E-state index in [1.165, 1.54) is 9.91 Å². The molecule has 6 nitrogen and oxygen atoms in total. The van der Waals surface area contributed by atoms with Gasteiger partial charge in [-0.3, -0.25) is 14.5 Å². The number of amides is 2. The summed E-state index contributed by atoms with van der Waals surface area (Å²) >= 11 is 0. The summed E-state index contributed by atoms with van der Waals surface area (Å²) in [5.74, 6) is -0.538. The predicted octanol–water partition coefficient (Wildman–Crippen LogP) is 2.18. The Kier molecular flexibility index (Phi) is 3.15. The van der Waals surface area contributed by atoms with Gasteiger partial charge in [-0.05, 0) is 17.7 Å². The summed E-state index contributed by atoms with van der Waals surface area (Å²) in [7, 11) is 0. The van der Waals surface area contributed by atoms with Crippen molar-refractivity contribution < 1.29 is 9.59 Å². The highest BCUT2D eigenvalue weighted by Crippen LogP contribution is 2.32. The maximum absolute atomic E-state index is 12.7. The molecule has 114 valence electrons. The summed E-state index contributed by atoms with van der Waals surface area (Å²) in [5, 5.41) is 9.58. The lowest BCUT2D eigenvalue weighted by atomic mass is 10.1. The van der Waals surface area contributed by atoms with Gasteiger partial charge in [0.05, 0.1) is 12.2 Å². The second-order valence-electron chi connectivity index (χ2n) is 5.52. The summed E-state index contributed by atoms with van der Waals surface area (Å²) in [4.78, 5) is 26.5. The van der Waals surface area contributed by atoms with Crippen LogP contribution >= 0.6 is 0 Å². The van der Waals surface area contributed by atoms with Gasteiger partial charge < -0.3 is 0 Å². The summed E-state index contributed by atoms with van der Waals surface area (Å²) < 4.78 is 0. The van der Waals surface area contributed by atoms with Gasteiger partial charge in [-0.15, -0.1) is 0 Å². The Morgan fingerprint density at radius 1 is 0.870 bits per heavy atom. The van der Waals surface area contributed by atoms with Crippen molar-refractivity contribution in [1.29, 1.82) is 0 Å². The van der Waals surface area contributed by atoms with Crippen molar-refractivity contribution in [3.8, 4) is 0 Å². The number of carbonyl (C=O) groups excluding carboxylic acids is 2. The SMILES string of the molecule is O=C1[C@H]2N=NN(c3ccccc3)[C@H]2C(=O)N1Cc1ccccc1. The van der Waals surface area contributed by atoms with Gasteiger partial charge in [0.25, 0.3) is 11.8 Å². The summed E-state index contributed by atoms with van der Waals surface area (Å²) in [6.07, 6.45) is 0. The van der Waals surface area contributed by atoms with Crippen LogP contribution in [0.15, 0.2) is 71.0 Å². The van der Waals surface area contributed by atoms with Crippen molar-refractivity contribution in [2.24, 2.45) is 10.3 Å². The summed E-state index contributed by atoms with van der Waals surface area (Å²) in [6, 6.07) is 17.3. The third-order valence-corrected chi connectivity index (χ3v) is 4.08. The molecule has 0 bridgehead atoms. The molecule has 2 amide bonds. The monoisotopic (exact) mass is 306 g/mol. The van der Waals surface area contributed by atoms with Crippen molar-refractivity contribution >= 4 is 17.5 Å². The first-order valence-corrected chi connectivity index (χ1v) is 7.40. The van der Waals surface area contributed by atoms with Gasteiger partial charge in [0, 0.05) is 0 Å². The predicted molar refractivity (Wildman–Crippen MR) is 83.4 cm³/mol. The molecule has 1 fully saturated rings. The molecule has 0 saturated carbocycles. The standard InChI is InChI=1S/C17H14N4O2/c22-16-14-15(21(19-18-14)13-9-5-2-6-10-13)17(23)20(16)11-12-7-3-1-4-8-12/h1-10,14-15H,11H2/t14-,15+/m0/s1. The van der Waals surface area contributed by atoms with Crippen molar-refractivity contribution in [2.75, 3.05) is 5.01 Å². The minimum absolute atomic E-state index is 0.252. The molecule has 0 spiro atoms. The van der Waals surface area contributed by atoms with Crippen LogP contribution in [0.25, 0.3) is 0 Å². The highest BCUT2D eigenvalue weighted by atomic mass is 16.2. The first kappa shape index (κ1) is 13.6. The number of fused-ring (bicyclic) bond motifs is 1. The van der Waals surface area contributed by atoms with Gasteiger partial charge in [-0.2, -0.15) is 5.11 Å². The molecule has 1 saturated heterocycles. The van der Waals surface area contributed by atoms with E-state index < -0.39 is 12.1 Å². The van der Waals surface area contributed by atoms with Crippen LogP contribution in [0.5, 0.6) is 0 Å². The van der Waals surface area contributed by atoms with E-state index in [0.29, 0.717) is 0 Å². The van der Waals surface area contributed by atoms with Crippen LogP contribution < -0.4 is 5.01 Å². The third kappa shape index (κ3) is 2.19. The maximum Gasteiger partial charge on any atom is 0.259 e. The molecular weight excluding hydrogens is 292 g/mol. The first-order chi connectivity index (χ1) is 11.3. The van der Waals surface area contributed by atoms with Crippen molar-refractivity contribution in [3.63, 3.8) is 0 Å². The highest BCUT2D eigenvalue weighted by Gasteiger charge is 2.54. The molecule has 6 heteroatoms. The van der Waals surface area contributed by atoms with Gasteiger partial charge in [0.2, 0.25) is 0 Å². The van der Waals surface area contributed by atoms with Gasteiger partial charge in [0.15, 0.2) is 12.1 Å². The molecule has 0 radical (unpaired) electrons. The number of hydrogen-bond donors (Lipinski definition) is 0. The fourth-order valence-corrected chi connectivity index (χ4v) is 2.93. The molecule has 2 aliphatic rings. The lowest BCUT2D eigenvalue weighted by Crippen LogP contribution is -2.39. The number of likely N-dealkylation sites (tertiary alicyclic amines) is 1. The first-order valence-electron chi connectivity index (χ1n) is 7.40. The smallest absolute Gasteiger partial charge is 0.259 e. The van der Waals surface area contributed by atoms with E-state index in [-0.39, 0.29) is 18.4 Å². The Morgan fingerprint density at radius 3 is 2.22 bits per heavy atom. The summed E-state index contributed by atoms with van der Waals surface area (Å²) in [5.41, 5.74) is 1.67. The minimum Gasteiger partial charge on any atom is -0.274 e. The number of para-hydroxylation sites is 1. The highest BCUT2D eigenvalue weighted by molar-refractivity contribution is 6.10. The number of nitrogens with zero attached hydrogens (tertiary/aromatic N) is 4. The quantitative estimate of drug-likeness (QED) is 0.816. The van der Waals surface area contributed by atoms with E-state index in [9.17, 15) is 9.59 Å². The number of imide groups is 1. The topological polar surface area (TPSA) is 65.3 Å². The molecular formula is C17H14N4O2. The van der Waals surface area contributed by atoms with E-state index in [1.807, 2.05) is 60.7 Å². The average Bonchev–Trinajstić information content (AvgIpc) is 3.13. The lowest BCUT2D eigenvalue weighted by molar-refractivity contribution is -0.139. The Bertz CT molecular complexity index is 776.